The number of rotatable bonds is 8. The van der Waals surface area contributed by atoms with E-state index in [0.29, 0.717) is 11.2 Å². The molecule has 0 bridgehead atoms. The second kappa shape index (κ2) is 5.44. The van der Waals surface area contributed by atoms with Crippen LogP contribution in [0.25, 0.3) is 0 Å². The minimum absolute atomic E-state index is 0.0680. The third kappa shape index (κ3) is 3.31. The number of nitrogens with two attached hydrogens (primary N) is 1. The summed E-state index contributed by atoms with van der Waals surface area (Å²) in [6, 6.07) is 7.82. The van der Waals surface area contributed by atoms with Gasteiger partial charge in [-0.3, -0.25) is 4.79 Å². The zero-order valence-corrected chi connectivity index (χ0v) is 11.7. The van der Waals surface area contributed by atoms with Crippen molar-refractivity contribution in [1.29, 1.82) is 0 Å². The summed E-state index contributed by atoms with van der Waals surface area (Å²) in [6.45, 7) is 1.98. The minimum Gasteiger partial charge on any atom is -0.484 e. The fourth-order valence-electron chi connectivity index (χ4n) is 2.90. The van der Waals surface area contributed by atoms with Crippen LogP contribution in [-0.2, 0) is 11.3 Å². The molecule has 2 aliphatic rings. The molecule has 0 aromatic heterocycles. The van der Waals surface area contributed by atoms with Crippen LogP contribution in [-0.4, -0.2) is 19.1 Å². The van der Waals surface area contributed by atoms with Gasteiger partial charge in [-0.2, -0.15) is 0 Å². The first kappa shape index (κ1) is 13.4. The van der Waals surface area contributed by atoms with Gasteiger partial charge < -0.3 is 15.8 Å². The monoisotopic (exact) mass is 274 g/mol. The van der Waals surface area contributed by atoms with Crippen molar-refractivity contribution in [3.8, 4) is 5.75 Å². The van der Waals surface area contributed by atoms with Gasteiger partial charge in [-0.15, -0.1) is 0 Å². The molecule has 0 radical (unpaired) electrons. The van der Waals surface area contributed by atoms with Crippen molar-refractivity contribution in [3.63, 3.8) is 0 Å². The first-order valence-electron chi connectivity index (χ1n) is 7.39. The van der Waals surface area contributed by atoms with E-state index in [4.69, 9.17) is 10.5 Å². The van der Waals surface area contributed by atoms with Crippen molar-refractivity contribution < 1.29 is 9.53 Å². The molecule has 2 saturated carbocycles. The smallest absolute Gasteiger partial charge is 0.255 e. The van der Waals surface area contributed by atoms with Crippen LogP contribution in [0, 0.1) is 11.3 Å². The highest BCUT2D eigenvalue weighted by molar-refractivity contribution is 5.75. The highest BCUT2D eigenvalue weighted by Crippen LogP contribution is 2.60. The lowest BCUT2D eigenvalue weighted by atomic mass is 10.0. The van der Waals surface area contributed by atoms with E-state index >= 15 is 0 Å². The fraction of sp³-hybridized carbons (Fsp3) is 0.562. The molecule has 2 aliphatic carbocycles. The lowest BCUT2D eigenvalue weighted by Gasteiger charge is -2.15. The van der Waals surface area contributed by atoms with Crippen LogP contribution in [0.5, 0.6) is 5.75 Å². The van der Waals surface area contributed by atoms with E-state index in [0.717, 1.165) is 19.0 Å². The minimum atomic E-state index is -0.453. The molecule has 0 atom stereocenters. The van der Waals surface area contributed by atoms with Crippen LogP contribution in [0.1, 0.15) is 31.2 Å². The number of carbonyl (C=O) groups is 1. The van der Waals surface area contributed by atoms with Crippen LogP contribution >= 0.6 is 0 Å². The number of nitrogens with one attached hydrogen (secondary N) is 1. The maximum absolute atomic E-state index is 10.6. The molecule has 0 aliphatic heterocycles. The summed E-state index contributed by atoms with van der Waals surface area (Å²) in [5.41, 5.74) is 6.92. The standard InChI is InChI=1S/C16H22N2O2/c17-15(19)10-20-14-5-1-12(2-6-14)9-18-11-16(7-8-16)13-3-4-13/h1-2,5-6,13,18H,3-4,7-11H2,(H2,17,19). The number of carbonyl (C=O) groups excluding carboxylic acids is 1. The van der Waals surface area contributed by atoms with Crippen molar-refractivity contribution in [1.82, 2.24) is 5.32 Å². The van der Waals surface area contributed by atoms with Crippen molar-refractivity contribution >= 4 is 5.91 Å². The van der Waals surface area contributed by atoms with Gasteiger partial charge in [0.1, 0.15) is 5.75 Å². The van der Waals surface area contributed by atoms with Gasteiger partial charge in [0.25, 0.3) is 5.91 Å². The molecule has 0 unspecified atom stereocenters. The Morgan fingerprint density at radius 1 is 1.30 bits per heavy atom. The zero-order chi connectivity index (χ0) is 14.0. The molecule has 0 saturated heterocycles. The molecular formula is C16H22N2O2. The van der Waals surface area contributed by atoms with Crippen molar-refractivity contribution in [2.75, 3.05) is 13.2 Å². The van der Waals surface area contributed by atoms with Crippen LogP contribution in [0.3, 0.4) is 0 Å². The maximum atomic E-state index is 10.6. The first-order chi connectivity index (χ1) is 9.68. The molecule has 0 heterocycles. The predicted molar refractivity (Wildman–Crippen MR) is 77.2 cm³/mol. The Morgan fingerprint density at radius 3 is 2.55 bits per heavy atom. The highest BCUT2D eigenvalue weighted by atomic mass is 16.5. The summed E-state index contributed by atoms with van der Waals surface area (Å²) in [6.07, 6.45) is 5.69. The summed E-state index contributed by atoms with van der Waals surface area (Å²) in [5, 5.41) is 3.58. The molecule has 4 heteroatoms. The van der Waals surface area contributed by atoms with Gasteiger partial charge >= 0.3 is 0 Å². The maximum Gasteiger partial charge on any atom is 0.255 e. The quantitative estimate of drug-likeness (QED) is 0.760. The third-order valence-electron chi connectivity index (χ3n) is 4.45. The Labute approximate surface area is 119 Å². The summed E-state index contributed by atoms with van der Waals surface area (Å²) in [4.78, 5) is 10.6. The van der Waals surface area contributed by atoms with E-state index in [2.05, 4.69) is 5.32 Å². The van der Waals surface area contributed by atoms with E-state index < -0.39 is 5.91 Å². The Balaban J connectivity index is 1.42. The highest BCUT2D eigenvalue weighted by Gasteiger charge is 2.53. The molecule has 20 heavy (non-hydrogen) atoms. The van der Waals surface area contributed by atoms with Crippen LogP contribution in [0.4, 0.5) is 0 Å². The molecule has 108 valence electrons. The van der Waals surface area contributed by atoms with Crippen molar-refractivity contribution in [2.45, 2.75) is 32.2 Å². The van der Waals surface area contributed by atoms with Gasteiger partial charge in [-0.05, 0) is 54.7 Å². The molecule has 0 spiro atoms. The van der Waals surface area contributed by atoms with Crippen LogP contribution in [0.15, 0.2) is 24.3 Å². The molecular weight excluding hydrogens is 252 g/mol. The molecule has 1 amide bonds. The van der Waals surface area contributed by atoms with Gasteiger partial charge in [-0.25, -0.2) is 0 Å². The van der Waals surface area contributed by atoms with Gasteiger partial charge in [-0.1, -0.05) is 12.1 Å². The average Bonchev–Trinajstić information content (AvgIpc) is 3.30. The van der Waals surface area contributed by atoms with E-state index in [1.807, 2.05) is 24.3 Å². The molecule has 4 nitrogen and oxygen atoms in total. The van der Waals surface area contributed by atoms with Gasteiger partial charge in [0.2, 0.25) is 0 Å². The SMILES string of the molecule is NC(=O)COc1ccc(CNCC2(C3CC3)CC2)cc1. The largest absolute Gasteiger partial charge is 0.484 e. The molecule has 1 aromatic carbocycles. The van der Waals surface area contributed by atoms with Crippen LogP contribution in [0.2, 0.25) is 0 Å². The average molecular weight is 274 g/mol. The Hall–Kier alpha value is -1.55. The molecule has 3 N–H and O–H groups in total. The third-order valence-corrected chi connectivity index (χ3v) is 4.45. The second-order valence-electron chi connectivity index (χ2n) is 6.14. The zero-order valence-electron chi connectivity index (χ0n) is 11.7. The summed E-state index contributed by atoms with van der Waals surface area (Å²) >= 11 is 0. The first-order valence-corrected chi connectivity index (χ1v) is 7.39. The van der Waals surface area contributed by atoms with E-state index in [1.165, 1.54) is 31.2 Å². The predicted octanol–water partition coefficient (Wildman–Crippen LogP) is 1.83. The van der Waals surface area contributed by atoms with E-state index in [-0.39, 0.29) is 6.61 Å². The molecule has 3 rings (SSSR count). The molecule has 2 fully saturated rings. The molecule has 1 aromatic rings. The number of hydrogen-bond acceptors (Lipinski definition) is 3. The lowest BCUT2D eigenvalue weighted by molar-refractivity contribution is -0.119. The Kier molecular flexibility index (Phi) is 3.66. The Morgan fingerprint density at radius 2 is 2.00 bits per heavy atom. The number of benzene rings is 1. The van der Waals surface area contributed by atoms with Crippen molar-refractivity contribution in [2.24, 2.45) is 17.1 Å². The van der Waals surface area contributed by atoms with Crippen LogP contribution < -0.4 is 15.8 Å². The number of ether oxygens (including phenoxy) is 1. The summed E-state index contributed by atoms with van der Waals surface area (Å²) in [5.74, 6) is 1.23. The fourth-order valence-corrected chi connectivity index (χ4v) is 2.90. The number of hydrogen-bond donors (Lipinski definition) is 2. The normalized spacial score (nSPS) is 19.6. The van der Waals surface area contributed by atoms with Gasteiger partial charge in [0, 0.05) is 13.1 Å². The van der Waals surface area contributed by atoms with Gasteiger partial charge in [0.15, 0.2) is 6.61 Å². The van der Waals surface area contributed by atoms with Crippen molar-refractivity contribution in [3.05, 3.63) is 29.8 Å². The van der Waals surface area contributed by atoms with E-state index in [1.54, 1.807) is 0 Å². The van der Waals surface area contributed by atoms with E-state index in [9.17, 15) is 4.79 Å². The lowest BCUT2D eigenvalue weighted by Crippen LogP contribution is -2.25. The topological polar surface area (TPSA) is 64.4 Å². The Bertz CT molecular complexity index is 476. The number of primary amides is 1. The second-order valence-corrected chi connectivity index (χ2v) is 6.14. The van der Waals surface area contributed by atoms with Gasteiger partial charge in [0.05, 0.1) is 0 Å². The summed E-state index contributed by atoms with van der Waals surface area (Å²) < 4.78 is 5.24. The summed E-state index contributed by atoms with van der Waals surface area (Å²) in [7, 11) is 0. The number of amides is 1.